The normalized spacial score (nSPS) is 10.1. The summed E-state index contributed by atoms with van der Waals surface area (Å²) in [7, 11) is 0.528. The second-order valence-electron chi connectivity index (χ2n) is 4.03. The van der Waals surface area contributed by atoms with Crippen LogP contribution in [0.15, 0.2) is 61.2 Å². The summed E-state index contributed by atoms with van der Waals surface area (Å²) in [6, 6.07) is 18.6. The topological polar surface area (TPSA) is 9.23 Å². The van der Waals surface area contributed by atoms with Crippen LogP contribution in [0, 0.1) is 6.92 Å². The molecule has 0 aliphatic heterocycles. The summed E-state index contributed by atoms with van der Waals surface area (Å²) in [5, 5.41) is 1.40. The van der Waals surface area contributed by atoms with E-state index >= 15 is 0 Å². The second-order valence-corrected chi connectivity index (χ2v) is 7.45. The molecule has 0 amide bonds. The summed E-state index contributed by atoms with van der Waals surface area (Å²) < 4.78 is 5.25. The lowest BCUT2D eigenvalue weighted by molar-refractivity contribution is 0.676. The zero-order valence-electron chi connectivity index (χ0n) is 11.1. The van der Waals surface area contributed by atoms with Crippen LogP contribution in [0.25, 0.3) is 6.08 Å². The summed E-state index contributed by atoms with van der Waals surface area (Å²) in [4.78, 5) is 0. The highest BCUT2D eigenvalue weighted by atomic mass is 28.3. The van der Waals surface area contributed by atoms with E-state index in [1.165, 1.54) is 16.3 Å². The molecule has 0 heterocycles. The van der Waals surface area contributed by atoms with Crippen molar-refractivity contribution >= 4 is 31.5 Å². The van der Waals surface area contributed by atoms with Crippen LogP contribution in [0.2, 0.25) is 0 Å². The van der Waals surface area contributed by atoms with Crippen LogP contribution in [0.5, 0.6) is 0 Å². The van der Waals surface area contributed by atoms with Crippen molar-refractivity contribution in [3.63, 3.8) is 0 Å². The van der Waals surface area contributed by atoms with E-state index in [4.69, 9.17) is 4.12 Å². The molecular formula is C15H20OSi2. The fraction of sp³-hybridized carbons (Fsp3) is 0.0667. The van der Waals surface area contributed by atoms with Gasteiger partial charge in [0.25, 0.3) is 0 Å². The molecule has 0 radical (unpaired) electrons. The lowest BCUT2D eigenvalue weighted by Crippen LogP contribution is -2.15. The van der Waals surface area contributed by atoms with Crippen molar-refractivity contribution in [3.8, 4) is 0 Å². The van der Waals surface area contributed by atoms with Gasteiger partial charge in [-0.3, -0.25) is 0 Å². The molecule has 0 fully saturated rings. The number of rotatable bonds is 3. The first-order valence-electron chi connectivity index (χ1n) is 5.98. The first kappa shape index (κ1) is 14.6. The second kappa shape index (κ2) is 8.63. The van der Waals surface area contributed by atoms with E-state index in [0.29, 0.717) is 0 Å². The van der Waals surface area contributed by atoms with Crippen LogP contribution in [-0.4, -0.2) is 20.2 Å². The molecule has 0 bridgehead atoms. The fourth-order valence-corrected chi connectivity index (χ4v) is 3.20. The first-order chi connectivity index (χ1) is 8.76. The van der Waals surface area contributed by atoms with Crippen LogP contribution in [-0.2, 0) is 4.12 Å². The third kappa shape index (κ3) is 5.77. The van der Waals surface area contributed by atoms with Gasteiger partial charge >= 0.3 is 0 Å². The molecule has 0 aliphatic carbocycles. The predicted molar refractivity (Wildman–Crippen MR) is 86.9 cm³/mol. The van der Waals surface area contributed by atoms with Crippen LogP contribution in [0.1, 0.15) is 11.1 Å². The van der Waals surface area contributed by atoms with Gasteiger partial charge in [-0.25, -0.2) is 0 Å². The summed E-state index contributed by atoms with van der Waals surface area (Å²) in [6.45, 7) is 5.73. The van der Waals surface area contributed by atoms with Crippen molar-refractivity contribution in [1.29, 1.82) is 0 Å². The van der Waals surface area contributed by atoms with Crippen LogP contribution in [0.4, 0.5) is 0 Å². The lowest BCUT2D eigenvalue weighted by Gasteiger charge is -1.97. The van der Waals surface area contributed by atoms with E-state index in [2.05, 4.69) is 37.8 Å². The maximum Gasteiger partial charge on any atom is 0.178 e. The summed E-state index contributed by atoms with van der Waals surface area (Å²) in [5.74, 6) is 0. The van der Waals surface area contributed by atoms with E-state index in [0.717, 1.165) is 10.5 Å². The third-order valence-electron chi connectivity index (χ3n) is 2.47. The van der Waals surface area contributed by atoms with Crippen LogP contribution < -0.4 is 5.19 Å². The Morgan fingerprint density at radius 2 is 1.67 bits per heavy atom. The molecule has 18 heavy (non-hydrogen) atoms. The fourth-order valence-electron chi connectivity index (χ4n) is 1.44. The minimum absolute atomic E-state index is 0.355. The zero-order chi connectivity index (χ0) is 13.2. The number of benzene rings is 2. The molecule has 2 aromatic rings. The average molecular weight is 272 g/mol. The number of hydrogen-bond donors (Lipinski definition) is 0. The molecule has 0 spiro atoms. The Kier molecular flexibility index (Phi) is 7.02. The standard InChI is InChI=1S/C8H8.C7H12OSi2/c1-2-8-6-4-3-5-7-8;1-6-2-4-7(5-3-6)10-8-9/h2-7H,1H2;2-5H,10H2,1,9H3. The van der Waals surface area contributed by atoms with E-state index in [1.54, 1.807) is 0 Å². The summed E-state index contributed by atoms with van der Waals surface area (Å²) in [5.41, 5.74) is 2.50. The van der Waals surface area contributed by atoms with Crippen molar-refractivity contribution in [1.82, 2.24) is 0 Å². The van der Waals surface area contributed by atoms with E-state index < -0.39 is 0 Å². The SMILES string of the molecule is C=Cc1ccccc1.Cc1ccc([SiH2]O[SiH3])cc1. The summed E-state index contributed by atoms with van der Waals surface area (Å²) >= 11 is 0. The Morgan fingerprint density at radius 3 is 2.11 bits per heavy atom. The van der Waals surface area contributed by atoms with Gasteiger partial charge in [-0.15, -0.1) is 0 Å². The summed E-state index contributed by atoms with van der Waals surface area (Å²) in [6.07, 6.45) is 1.83. The molecular weight excluding hydrogens is 252 g/mol. The Labute approximate surface area is 115 Å². The maximum absolute atomic E-state index is 5.25. The van der Waals surface area contributed by atoms with Gasteiger partial charge in [0.15, 0.2) is 9.76 Å². The van der Waals surface area contributed by atoms with E-state index in [1.807, 2.05) is 36.4 Å². The van der Waals surface area contributed by atoms with Crippen molar-refractivity contribution in [3.05, 3.63) is 72.3 Å². The highest BCUT2D eigenvalue weighted by Crippen LogP contribution is 1.97. The Balaban J connectivity index is 0.000000184. The van der Waals surface area contributed by atoms with Gasteiger partial charge in [-0.05, 0) is 17.7 Å². The molecule has 0 aromatic heterocycles. The Morgan fingerprint density at radius 1 is 1.06 bits per heavy atom. The number of hydrogen-bond acceptors (Lipinski definition) is 1. The highest BCUT2D eigenvalue weighted by Gasteiger charge is 1.89. The van der Waals surface area contributed by atoms with Crippen LogP contribution in [0.3, 0.4) is 0 Å². The molecule has 0 N–H and O–H groups in total. The van der Waals surface area contributed by atoms with Gasteiger partial charge in [0.2, 0.25) is 0 Å². The van der Waals surface area contributed by atoms with Gasteiger partial charge in [0.05, 0.1) is 0 Å². The molecule has 2 rings (SSSR count). The molecule has 0 atom stereocenters. The van der Waals surface area contributed by atoms with Gasteiger partial charge in [-0.2, -0.15) is 0 Å². The minimum atomic E-state index is -0.355. The largest absolute Gasteiger partial charge is 0.465 e. The molecule has 94 valence electrons. The van der Waals surface area contributed by atoms with Gasteiger partial charge in [-0.1, -0.05) is 72.8 Å². The van der Waals surface area contributed by atoms with Crippen molar-refractivity contribution < 1.29 is 4.12 Å². The number of aryl methyl sites for hydroxylation is 1. The van der Waals surface area contributed by atoms with E-state index in [-0.39, 0.29) is 9.76 Å². The lowest BCUT2D eigenvalue weighted by atomic mass is 10.2. The molecule has 0 saturated heterocycles. The Hall–Kier alpha value is -1.43. The molecule has 2 aromatic carbocycles. The van der Waals surface area contributed by atoms with Crippen LogP contribution >= 0.6 is 0 Å². The first-order valence-corrected chi connectivity index (χ1v) is 8.08. The average Bonchev–Trinajstić information content (AvgIpc) is 2.43. The van der Waals surface area contributed by atoms with Crippen molar-refractivity contribution in [2.75, 3.05) is 0 Å². The molecule has 0 unspecified atom stereocenters. The molecule has 1 nitrogen and oxygen atoms in total. The van der Waals surface area contributed by atoms with Gasteiger partial charge < -0.3 is 4.12 Å². The van der Waals surface area contributed by atoms with Gasteiger partial charge in [0.1, 0.15) is 10.5 Å². The monoisotopic (exact) mass is 272 g/mol. The third-order valence-corrected chi connectivity index (χ3v) is 4.43. The molecule has 0 saturated carbocycles. The van der Waals surface area contributed by atoms with Crippen molar-refractivity contribution in [2.45, 2.75) is 6.92 Å². The zero-order valence-corrected chi connectivity index (χ0v) is 14.5. The molecule has 3 heteroatoms. The molecule has 0 aliphatic rings. The van der Waals surface area contributed by atoms with E-state index in [9.17, 15) is 0 Å². The van der Waals surface area contributed by atoms with Crippen molar-refractivity contribution in [2.24, 2.45) is 0 Å². The predicted octanol–water partition coefficient (Wildman–Crippen LogP) is 1.33. The van der Waals surface area contributed by atoms with Gasteiger partial charge in [0, 0.05) is 0 Å². The smallest absolute Gasteiger partial charge is 0.178 e. The maximum atomic E-state index is 5.25. The quantitative estimate of drug-likeness (QED) is 0.766. The highest BCUT2D eigenvalue weighted by molar-refractivity contribution is 6.50. The Bertz CT molecular complexity index is 452. The minimum Gasteiger partial charge on any atom is -0.465 e.